The second-order valence-electron chi connectivity index (χ2n) is 9.10. The molecule has 3 rings (SSSR count). The third-order valence-corrected chi connectivity index (χ3v) is 6.06. The zero-order valence-corrected chi connectivity index (χ0v) is 18.8. The first kappa shape index (κ1) is 22.5. The number of carbonyl (C=O) groups excluding carboxylic acids is 2. The summed E-state index contributed by atoms with van der Waals surface area (Å²) in [5, 5.41) is 6.47. The minimum Gasteiger partial charge on any atom is -0.351 e. The maximum absolute atomic E-state index is 12.7. The van der Waals surface area contributed by atoms with Gasteiger partial charge in [-0.05, 0) is 54.4 Å². The molecule has 2 unspecified atom stereocenters. The molecular weight excluding hydrogens is 423 g/mol. The molecule has 2 heterocycles. The van der Waals surface area contributed by atoms with E-state index in [1.165, 1.54) is 0 Å². The molecule has 2 N–H and O–H groups in total. The number of nitrogens with zero attached hydrogens (tertiary/aromatic N) is 2. The summed E-state index contributed by atoms with van der Waals surface area (Å²) in [7, 11) is 0. The van der Waals surface area contributed by atoms with Gasteiger partial charge in [0, 0.05) is 25.0 Å². The molecule has 0 radical (unpaired) electrons. The number of amides is 2. The van der Waals surface area contributed by atoms with Crippen LogP contribution >= 0.6 is 23.2 Å². The number of pyridine rings is 2. The molecule has 0 spiro atoms. The van der Waals surface area contributed by atoms with E-state index in [-0.39, 0.29) is 39.0 Å². The van der Waals surface area contributed by atoms with Gasteiger partial charge in [-0.3, -0.25) is 9.59 Å². The van der Waals surface area contributed by atoms with Crippen molar-refractivity contribution >= 4 is 35.0 Å². The van der Waals surface area contributed by atoms with Crippen molar-refractivity contribution in [1.29, 1.82) is 0 Å². The Morgan fingerprint density at radius 1 is 1.00 bits per heavy atom. The van der Waals surface area contributed by atoms with Crippen LogP contribution < -0.4 is 10.6 Å². The predicted molar refractivity (Wildman–Crippen MR) is 118 cm³/mol. The summed E-state index contributed by atoms with van der Waals surface area (Å²) in [6.07, 6.45) is 5.60. The van der Waals surface area contributed by atoms with E-state index in [4.69, 9.17) is 23.2 Å². The van der Waals surface area contributed by atoms with Crippen molar-refractivity contribution in [3.63, 3.8) is 0 Å². The van der Waals surface area contributed by atoms with Crippen molar-refractivity contribution in [1.82, 2.24) is 20.6 Å². The average Bonchev–Trinajstić information content (AvgIpc) is 2.65. The van der Waals surface area contributed by atoms with Crippen molar-refractivity contribution < 1.29 is 9.59 Å². The second-order valence-corrected chi connectivity index (χ2v) is 9.81. The van der Waals surface area contributed by atoms with Gasteiger partial charge in [0.1, 0.15) is 10.3 Å². The highest BCUT2D eigenvalue weighted by molar-refractivity contribution is 6.33. The summed E-state index contributed by atoms with van der Waals surface area (Å²) in [4.78, 5) is 33.2. The molecule has 8 heteroatoms. The monoisotopic (exact) mass is 448 g/mol. The van der Waals surface area contributed by atoms with Gasteiger partial charge in [0.05, 0.1) is 11.1 Å². The number of carbonyl (C=O) groups is 2. The van der Waals surface area contributed by atoms with Gasteiger partial charge in [-0.2, -0.15) is 0 Å². The van der Waals surface area contributed by atoms with Crippen LogP contribution in [0.15, 0.2) is 36.7 Å². The Hall–Kier alpha value is -2.18. The molecule has 30 heavy (non-hydrogen) atoms. The van der Waals surface area contributed by atoms with Crippen molar-refractivity contribution in [3.8, 4) is 0 Å². The lowest BCUT2D eigenvalue weighted by molar-refractivity contribution is 0.0592. The largest absolute Gasteiger partial charge is 0.351 e. The van der Waals surface area contributed by atoms with E-state index in [0.717, 1.165) is 19.3 Å². The Morgan fingerprint density at radius 2 is 1.57 bits per heavy atom. The lowest BCUT2D eigenvalue weighted by atomic mass is 9.62. The summed E-state index contributed by atoms with van der Waals surface area (Å²) in [6, 6.07) is 6.64. The summed E-state index contributed by atoms with van der Waals surface area (Å²) >= 11 is 12.1. The van der Waals surface area contributed by atoms with E-state index < -0.39 is 0 Å². The molecule has 1 aliphatic carbocycles. The molecule has 2 atom stereocenters. The molecular formula is C22H26Cl2N4O2. The van der Waals surface area contributed by atoms with Crippen LogP contribution in [0.25, 0.3) is 0 Å². The smallest absolute Gasteiger partial charge is 0.254 e. The van der Waals surface area contributed by atoms with Gasteiger partial charge in [-0.25, -0.2) is 9.97 Å². The van der Waals surface area contributed by atoms with E-state index in [1.54, 1.807) is 36.7 Å². The molecule has 0 aliphatic heterocycles. The molecule has 1 fully saturated rings. The number of nitrogens with one attached hydrogen (secondary N) is 2. The zero-order chi connectivity index (χ0) is 21.9. The number of aromatic nitrogens is 2. The molecule has 1 saturated carbocycles. The average molecular weight is 449 g/mol. The molecule has 0 bridgehead atoms. The molecule has 2 aromatic heterocycles. The van der Waals surface area contributed by atoms with Crippen LogP contribution in [0.2, 0.25) is 10.3 Å². The molecule has 2 aromatic rings. The Kier molecular flexibility index (Phi) is 6.68. The summed E-state index contributed by atoms with van der Waals surface area (Å²) in [5.74, 6) is -0.482. The van der Waals surface area contributed by atoms with Gasteiger partial charge >= 0.3 is 0 Å². The standard InChI is InChI=1S/C22H26Cl2N4O2/c1-21(2)10-14(28-20(30)16-7-5-9-26-18(16)24)11-22(3,12-21)13-27-19(29)15-6-4-8-25-17(15)23/h4-9,14H,10-13H2,1-3H3,(H,27,29)(H,28,30). The first-order chi connectivity index (χ1) is 14.1. The number of hydrogen-bond donors (Lipinski definition) is 2. The maximum Gasteiger partial charge on any atom is 0.254 e. The summed E-state index contributed by atoms with van der Waals surface area (Å²) in [6.45, 7) is 6.97. The first-order valence-electron chi connectivity index (χ1n) is 9.89. The van der Waals surface area contributed by atoms with E-state index in [0.29, 0.717) is 17.7 Å². The quantitative estimate of drug-likeness (QED) is 0.657. The lowest BCUT2D eigenvalue weighted by Gasteiger charge is -2.47. The van der Waals surface area contributed by atoms with Gasteiger partial charge in [-0.1, -0.05) is 44.0 Å². The highest BCUT2D eigenvalue weighted by atomic mass is 35.5. The molecule has 160 valence electrons. The minimum atomic E-state index is -0.250. The van der Waals surface area contributed by atoms with Crippen LogP contribution in [0, 0.1) is 10.8 Å². The lowest BCUT2D eigenvalue weighted by Crippen LogP contribution is -2.50. The molecule has 0 aromatic carbocycles. The normalized spacial score (nSPS) is 22.9. The Labute approximate surface area is 186 Å². The molecule has 6 nitrogen and oxygen atoms in total. The molecule has 0 saturated heterocycles. The van der Waals surface area contributed by atoms with E-state index >= 15 is 0 Å². The molecule has 1 aliphatic rings. The second kappa shape index (κ2) is 8.90. The maximum atomic E-state index is 12.7. The third kappa shape index (κ3) is 5.49. The Morgan fingerprint density at radius 3 is 2.13 bits per heavy atom. The number of hydrogen-bond acceptors (Lipinski definition) is 4. The van der Waals surface area contributed by atoms with Crippen LogP contribution in [0.4, 0.5) is 0 Å². The highest BCUT2D eigenvalue weighted by Gasteiger charge is 2.42. The van der Waals surface area contributed by atoms with Gasteiger partial charge in [-0.15, -0.1) is 0 Å². The van der Waals surface area contributed by atoms with Crippen LogP contribution in [-0.4, -0.2) is 34.4 Å². The van der Waals surface area contributed by atoms with E-state index in [1.807, 2.05) is 0 Å². The van der Waals surface area contributed by atoms with Gasteiger partial charge in [0.15, 0.2) is 0 Å². The van der Waals surface area contributed by atoms with Gasteiger partial charge in [0.25, 0.3) is 11.8 Å². The van der Waals surface area contributed by atoms with Crippen molar-refractivity contribution in [2.75, 3.05) is 6.54 Å². The van der Waals surface area contributed by atoms with Crippen LogP contribution in [0.1, 0.15) is 60.7 Å². The zero-order valence-electron chi connectivity index (χ0n) is 17.3. The van der Waals surface area contributed by atoms with Gasteiger partial charge < -0.3 is 10.6 Å². The van der Waals surface area contributed by atoms with Crippen molar-refractivity contribution in [2.24, 2.45) is 10.8 Å². The van der Waals surface area contributed by atoms with Crippen LogP contribution in [0.5, 0.6) is 0 Å². The minimum absolute atomic E-state index is 0.000351. The third-order valence-electron chi connectivity index (χ3n) is 5.46. The van der Waals surface area contributed by atoms with Gasteiger partial charge in [0.2, 0.25) is 0 Å². The summed E-state index contributed by atoms with van der Waals surface area (Å²) < 4.78 is 0. The fourth-order valence-corrected chi connectivity index (χ4v) is 5.04. The summed E-state index contributed by atoms with van der Waals surface area (Å²) in [5.41, 5.74) is 0.529. The number of halogens is 2. The topological polar surface area (TPSA) is 84.0 Å². The number of rotatable bonds is 5. The van der Waals surface area contributed by atoms with E-state index in [9.17, 15) is 9.59 Å². The van der Waals surface area contributed by atoms with Crippen molar-refractivity contribution in [2.45, 2.75) is 46.1 Å². The Balaban J connectivity index is 1.69. The Bertz CT molecular complexity index is 950. The van der Waals surface area contributed by atoms with E-state index in [2.05, 4.69) is 41.4 Å². The predicted octanol–water partition coefficient (Wildman–Crippen LogP) is 4.53. The van der Waals surface area contributed by atoms with Crippen molar-refractivity contribution in [3.05, 3.63) is 58.1 Å². The van der Waals surface area contributed by atoms with Crippen LogP contribution in [-0.2, 0) is 0 Å². The highest BCUT2D eigenvalue weighted by Crippen LogP contribution is 2.45. The fourth-order valence-electron chi connectivity index (χ4n) is 4.63. The fraction of sp³-hybridized carbons (Fsp3) is 0.455. The SMILES string of the molecule is CC1(C)CC(NC(=O)c2cccnc2Cl)CC(C)(CNC(=O)c2cccnc2Cl)C1. The van der Waals surface area contributed by atoms with Crippen LogP contribution in [0.3, 0.4) is 0 Å². The first-order valence-corrected chi connectivity index (χ1v) is 10.6. The molecule has 2 amide bonds.